The molecule has 28 heavy (non-hydrogen) atoms. The summed E-state index contributed by atoms with van der Waals surface area (Å²) in [5.74, 6) is -0.0354. The molecule has 1 aromatic heterocycles. The van der Waals surface area contributed by atoms with Crippen molar-refractivity contribution < 1.29 is 18.7 Å². The number of anilines is 3. The zero-order valence-electron chi connectivity index (χ0n) is 15.1. The van der Waals surface area contributed by atoms with E-state index in [0.29, 0.717) is 27.7 Å². The average Bonchev–Trinajstić information content (AvgIpc) is 3.04. The highest BCUT2D eigenvalue weighted by Gasteiger charge is 2.17. The molecular weight excluding hydrogens is 383 g/mol. The smallest absolute Gasteiger partial charge is 0.325 e. The standard InChI is InChI=1S/C19H17FN4O3S/c1-11-16(17(25)22-13-7-9-15(27-2)10-8-13)28-19(21-11)24-18(26)23-14-5-3-12(20)4-6-14/h3-10H,1-2H3,(H,22,25)(H2,21,23,24,26). The van der Waals surface area contributed by atoms with Gasteiger partial charge in [-0.25, -0.2) is 14.2 Å². The first-order valence-electron chi connectivity index (χ1n) is 8.21. The summed E-state index contributed by atoms with van der Waals surface area (Å²) in [7, 11) is 1.56. The van der Waals surface area contributed by atoms with Crippen LogP contribution >= 0.6 is 11.3 Å². The zero-order chi connectivity index (χ0) is 20.1. The molecule has 2 aromatic carbocycles. The number of methoxy groups -OCH3 is 1. The molecule has 0 aliphatic carbocycles. The van der Waals surface area contributed by atoms with Crippen molar-refractivity contribution in [1.29, 1.82) is 0 Å². The van der Waals surface area contributed by atoms with Crippen molar-refractivity contribution in [2.75, 3.05) is 23.1 Å². The van der Waals surface area contributed by atoms with Gasteiger partial charge in [0.2, 0.25) is 0 Å². The summed E-state index contributed by atoms with van der Waals surface area (Å²) in [4.78, 5) is 29.1. The lowest BCUT2D eigenvalue weighted by Gasteiger charge is -2.05. The number of hydrogen-bond acceptors (Lipinski definition) is 5. The van der Waals surface area contributed by atoms with E-state index in [0.717, 1.165) is 11.3 Å². The van der Waals surface area contributed by atoms with Crippen molar-refractivity contribution in [3.8, 4) is 5.75 Å². The first-order chi connectivity index (χ1) is 13.4. The molecule has 0 aliphatic heterocycles. The number of aryl methyl sites for hydroxylation is 1. The van der Waals surface area contributed by atoms with Gasteiger partial charge < -0.3 is 15.4 Å². The monoisotopic (exact) mass is 400 g/mol. The SMILES string of the molecule is COc1ccc(NC(=O)c2sc(NC(=O)Nc3ccc(F)cc3)nc2C)cc1. The number of nitrogens with one attached hydrogen (secondary N) is 3. The van der Waals surface area contributed by atoms with Gasteiger partial charge in [-0.2, -0.15) is 0 Å². The first kappa shape index (κ1) is 19.3. The maximum absolute atomic E-state index is 12.9. The van der Waals surface area contributed by atoms with Gasteiger partial charge in [-0.15, -0.1) is 0 Å². The number of nitrogens with zero attached hydrogens (tertiary/aromatic N) is 1. The Morgan fingerprint density at radius 1 is 0.964 bits per heavy atom. The Balaban J connectivity index is 1.63. The third-order valence-corrected chi connectivity index (χ3v) is 4.74. The van der Waals surface area contributed by atoms with Gasteiger partial charge >= 0.3 is 6.03 Å². The number of ether oxygens (including phenoxy) is 1. The van der Waals surface area contributed by atoms with Gasteiger partial charge in [0.25, 0.3) is 5.91 Å². The second-order valence-corrected chi connectivity index (χ2v) is 6.70. The molecule has 0 saturated carbocycles. The molecule has 0 aliphatic rings. The number of urea groups is 1. The molecule has 0 spiro atoms. The minimum atomic E-state index is -0.539. The summed E-state index contributed by atoms with van der Waals surface area (Å²) in [6.45, 7) is 1.68. The molecule has 0 bridgehead atoms. The van der Waals surface area contributed by atoms with Crippen molar-refractivity contribution >= 4 is 39.8 Å². The normalized spacial score (nSPS) is 10.2. The van der Waals surface area contributed by atoms with E-state index in [9.17, 15) is 14.0 Å². The summed E-state index contributed by atoms with van der Waals surface area (Å²) in [6.07, 6.45) is 0. The predicted molar refractivity (Wildman–Crippen MR) is 107 cm³/mol. The summed E-state index contributed by atoms with van der Waals surface area (Å²) in [5.41, 5.74) is 1.54. The summed E-state index contributed by atoms with van der Waals surface area (Å²) in [5, 5.41) is 8.18. The van der Waals surface area contributed by atoms with Gasteiger partial charge in [-0.3, -0.25) is 10.1 Å². The fraction of sp³-hybridized carbons (Fsp3) is 0.105. The van der Waals surface area contributed by atoms with Gasteiger partial charge in [0.15, 0.2) is 5.13 Å². The molecule has 0 saturated heterocycles. The van der Waals surface area contributed by atoms with E-state index in [1.165, 1.54) is 24.3 Å². The molecule has 1 heterocycles. The summed E-state index contributed by atoms with van der Waals surface area (Å²) < 4.78 is 18.0. The Bertz CT molecular complexity index is 987. The van der Waals surface area contributed by atoms with E-state index in [4.69, 9.17) is 4.74 Å². The van der Waals surface area contributed by atoms with Crippen LogP contribution in [0.3, 0.4) is 0 Å². The minimum Gasteiger partial charge on any atom is -0.497 e. The molecule has 0 unspecified atom stereocenters. The Kier molecular flexibility index (Phi) is 5.85. The molecule has 144 valence electrons. The zero-order valence-corrected chi connectivity index (χ0v) is 15.9. The largest absolute Gasteiger partial charge is 0.497 e. The van der Waals surface area contributed by atoms with Crippen LogP contribution in [0.25, 0.3) is 0 Å². The van der Waals surface area contributed by atoms with Gasteiger partial charge in [-0.05, 0) is 55.5 Å². The fourth-order valence-corrected chi connectivity index (χ4v) is 3.17. The van der Waals surface area contributed by atoms with Crippen LogP contribution in [0.1, 0.15) is 15.4 Å². The Labute approximate surface area is 164 Å². The molecule has 3 aromatic rings. The van der Waals surface area contributed by atoms with Crippen LogP contribution in [0.15, 0.2) is 48.5 Å². The maximum Gasteiger partial charge on any atom is 0.325 e. The van der Waals surface area contributed by atoms with Crippen molar-refractivity contribution in [2.45, 2.75) is 6.92 Å². The number of benzene rings is 2. The third kappa shape index (κ3) is 4.83. The van der Waals surface area contributed by atoms with E-state index in [1.807, 2.05) is 0 Å². The summed E-state index contributed by atoms with van der Waals surface area (Å²) >= 11 is 1.06. The Morgan fingerprint density at radius 3 is 2.21 bits per heavy atom. The van der Waals surface area contributed by atoms with Crippen LogP contribution in [0.4, 0.5) is 25.7 Å². The Hall–Kier alpha value is -3.46. The van der Waals surface area contributed by atoms with E-state index < -0.39 is 11.8 Å². The van der Waals surface area contributed by atoms with E-state index in [-0.39, 0.29) is 11.0 Å². The number of carbonyl (C=O) groups is 2. The number of carbonyl (C=O) groups excluding carboxylic acids is 2. The van der Waals surface area contributed by atoms with Gasteiger partial charge in [-0.1, -0.05) is 11.3 Å². The second-order valence-electron chi connectivity index (χ2n) is 5.70. The molecule has 0 radical (unpaired) electrons. The van der Waals surface area contributed by atoms with Crippen molar-refractivity contribution in [3.63, 3.8) is 0 Å². The van der Waals surface area contributed by atoms with Crippen molar-refractivity contribution in [1.82, 2.24) is 4.98 Å². The molecule has 0 fully saturated rings. The van der Waals surface area contributed by atoms with Crippen LogP contribution in [0.2, 0.25) is 0 Å². The van der Waals surface area contributed by atoms with Crippen LogP contribution in [0, 0.1) is 12.7 Å². The topological polar surface area (TPSA) is 92.4 Å². The fourth-order valence-electron chi connectivity index (χ4n) is 2.32. The predicted octanol–water partition coefficient (Wildman–Crippen LogP) is 4.50. The lowest BCUT2D eigenvalue weighted by Crippen LogP contribution is -2.19. The average molecular weight is 400 g/mol. The van der Waals surface area contributed by atoms with E-state index in [1.54, 1.807) is 38.3 Å². The van der Waals surface area contributed by atoms with E-state index in [2.05, 4.69) is 20.9 Å². The first-order valence-corrected chi connectivity index (χ1v) is 9.02. The van der Waals surface area contributed by atoms with Crippen LogP contribution in [-0.2, 0) is 0 Å². The van der Waals surface area contributed by atoms with Gasteiger partial charge in [0, 0.05) is 11.4 Å². The highest BCUT2D eigenvalue weighted by atomic mass is 32.1. The Morgan fingerprint density at radius 2 is 1.57 bits per heavy atom. The van der Waals surface area contributed by atoms with Crippen LogP contribution in [-0.4, -0.2) is 24.0 Å². The molecule has 7 nitrogen and oxygen atoms in total. The molecule has 0 atom stereocenters. The highest BCUT2D eigenvalue weighted by Crippen LogP contribution is 2.24. The van der Waals surface area contributed by atoms with Gasteiger partial charge in [0.1, 0.15) is 16.4 Å². The van der Waals surface area contributed by atoms with Crippen LogP contribution < -0.4 is 20.7 Å². The second kappa shape index (κ2) is 8.49. The number of rotatable bonds is 5. The third-order valence-electron chi connectivity index (χ3n) is 3.67. The number of halogens is 1. The quantitative estimate of drug-likeness (QED) is 0.588. The lowest BCUT2D eigenvalue weighted by atomic mass is 10.3. The number of thiazole rings is 1. The number of amides is 3. The summed E-state index contributed by atoms with van der Waals surface area (Å²) in [6, 6.07) is 11.7. The lowest BCUT2D eigenvalue weighted by molar-refractivity contribution is 0.102. The molecule has 3 rings (SSSR count). The highest BCUT2D eigenvalue weighted by molar-refractivity contribution is 7.17. The van der Waals surface area contributed by atoms with Crippen molar-refractivity contribution in [3.05, 3.63) is 64.9 Å². The molecule has 9 heteroatoms. The number of hydrogen-bond donors (Lipinski definition) is 3. The van der Waals surface area contributed by atoms with Crippen molar-refractivity contribution in [2.24, 2.45) is 0 Å². The van der Waals surface area contributed by atoms with Crippen LogP contribution in [0.5, 0.6) is 5.75 Å². The molecular formula is C19H17FN4O3S. The van der Waals surface area contributed by atoms with E-state index >= 15 is 0 Å². The number of aromatic nitrogens is 1. The molecule has 3 N–H and O–H groups in total. The minimum absolute atomic E-state index is 0.275. The maximum atomic E-state index is 12.9. The van der Waals surface area contributed by atoms with Gasteiger partial charge in [0.05, 0.1) is 12.8 Å². The molecule has 3 amide bonds.